The van der Waals surface area contributed by atoms with Gasteiger partial charge in [0.05, 0.1) is 6.61 Å². The number of hydrogen-bond donors (Lipinski definition) is 1. The first-order chi connectivity index (χ1) is 33.6. The van der Waals surface area contributed by atoms with E-state index in [1.807, 2.05) is 0 Å². The molecule has 0 amide bonds. The van der Waals surface area contributed by atoms with Gasteiger partial charge in [0.15, 0.2) is 6.10 Å². The van der Waals surface area contributed by atoms with E-state index in [1.54, 1.807) is 0 Å². The van der Waals surface area contributed by atoms with Gasteiger partial charge in [-0.05, 0) is 128 Å². The summed E-state index contributed by atoms with van der Waals surface area (Å²) in [6.07, 6.45) is 88.8. The second kappa shape index (κ2) is 56.6. The largest absolute Gasteiger partial charge is 0.462 e. The zero-order valence-corrected chi connectivity index (χ0v) is 43.0. The van der Waals surface area contributed by atoms with Crippen LogP contribution in [0.1, 0.15) is 194 Å². The Kier molecular flexibility index (Phi) is 52.6. The van der Waals surface area contributed by atoms with E-state index in [-0.39, 0.29) is 25.2 Å². The molecular weight excluding hydrogens is 837 g/mol. The quantitative estimate of drug-likeness (QED) is 0.0374. The van der Waals surface area contributed by atoms with Crippen molar-refractivity contribution in [3.8, 4) is 0 Å². The Balaban J connectivity index is 3.69. The molecule has 0 aliphatic carbocycles. The number of rotatable bonds is 46. The maximum absolute atomic E-state index is 12.3. The Labute approximate surface area is 417 Å². The molecule has 0 aromatic rings. The van der Waals surface area contributed by atoms with Crippen molar-refractivity contribution in [1.29, 1.82) is 0 Å². The Morgan fingerprint density at radius 1 is 0.338 bits per heavy atom. The van der Waals surface area contributed by atoms with E-state index in [0.717, 1.165) is 167 Å². The molecule has 0 aliphatic rings. The molecule has 1 N–H and O–H groups in total. The highest BCUT2D eigenvalue weighted by Gasteiger charge is 2.16. The van der Waals surface area contributed by atoms with Crippen molar-refractivity contribution in [3.63, 3.8) is 0 Å². The lowest BCUT2D eigenvalue weighted by Gasteiger charge is -2.15. The van der Waals surface area contributed by atoms with Crippen LogP contribution in [0.15, 0.2) is 170 Å². The second-order valence-electron chi connectivity index (χ2n) is 16.8. The third-order valence-electron chi connectivity index (χ3n) is 10.5. The van der Waals surface area contributed by atoms with Crippen LogP contribution in [0.5, 0.6) is 0 Å². The monoisotopic (exact) mass is 933 g/mol. The molecule has 68 heavy (non-hydrogen) atoms. The lowest BCUT2D eigenvalue weighted by atomic mass is 10.1. The first-order valence-corrected chi connectivity index (χ1v) is 26.7. The standard InChI is InChI=1S/C63H96O5/c1-3-5-7-9-11-13-15-17-19-20-21-22-23-24-25-26-27-28-29-30-31-32-33-34-35-36-37-38-39-40-41-42-44-46-48-50-52-54-56-58-63(66)68-61(59-64)60-67-62(65)57-55-53-51-49-47-45-43-18-16-14-12-10-8-6-4-2/h5-8,11-14,17-19,21-22,24-25,27-28,30-31,33-34,36-37,39-40,42-44,61,64H,3-4,9-10,15-16,20,23,26,29,32,35,38,41,45-60H2,1-2H3/b7-5-,8-6-,13-11-,14-12-,19-17-,22-21-,25-24-,28-27-,31-30-,34-33-,37-36-,40-39-,43-18-,44-42-. The van der Waals surface area contributed by atoms with Crippen LogP contribution >= 0.6 is 0 Å². The molecule has 0 aliphatic heterocycles. The minimum atomic E-state index is -0.803. The topological polar surface area (TPSA) is 72.8 Å². The summed E-state index contributed by atoms with van der Waals surface area (Å²) in [5.41, 5.74) is 0. The number of carbonyl (C=O) groups excluding carboxylic acids is 2. The first-order valence-electron chi connectivity index (χ1n) is 26.7. The van der Waals surface area contributed by atoms with Gasteiger partial charge in [0.25, 0.3) is 0 Å². The van der Waals surface area contributed by atoms with Gasteiger partial charge in [-0.3, -0.25) is 9.59 Å². The van der Waals surface area contributed by atoms with Gasteiger partial charge in [0.1, 0.15) is 6.61 Å². The number of esters is 2. The van der Waals surface area contributed by atoms with Gasteiger partial charge in [0, 0.05) is 12.8 Å². The zero-order chi connectivity index (χ0) is 49.2. The number of carbonyl (C=O) groups is 2. The van der Waals surface area contributed by atoms with Crippen LogP contribution in [0.25, 0.3) is 0 Å². The zero-order valence-electron chi connectivity index (χ0n) is 43.0. The van der Waals surface area contributed by atoms with Crippen LogP contribution in [-0.2, 0) is 19.1 Å². The van der Waals surface area contributed by atoms with Crippen LogP contribution in [0.4, 0.5) is 0 Å². The highest BCUT2D eigenvalue weighted by Crippen LogP contribution is 2.11. The van der Waals surface area contributed by atoms with Gasteiger partial charge in [0.2, 0.25) is 0 Å². The number of hydrogen-bond acceptors (Lipinski definition) is 5. The fourth-order valence-corrected chi connectivity index (χ4v) is 6.57. The van der Waals surface area contributed by atoms with Gasteiger partial charge in [-0.25, -0.2) is 0 Å². The van der Waals surface area contributed by atoms with Crippen molar-refractivity contribution in [1.82, 2.24) is 0 Å². The average molecular weight is 933 g/mol. The van der Waals surface area contributed by atoms with E-state index >= 15 is 0 Å². The Morgan fingerprint density at radius 3 is 0.882 bits per heavy atom. The van der Waals surface area contributed by atoms with Crippen LogP contribution in [-0.4, -0.2) is 36.4 Å². The van der Waals surface area contributed by atoms with Crippen molar-refractivity contribution in [3.05, 3.63) is 170 Å². The Hall–Kier alpha value is -4.74. The van der Waals surface area contributed by atoms with Crippen molar-refractivity contribution in [2.45, 2.75) is 200 Å². The van der Waals surface area contributed by atoms with E-state index < -0.39 is 6.10 Å². The lowest BCUT2D eigenvalue weighted by molar-refractivity contribution is -0.161. The van der Waals surface area contributed by atoms with Gasteiger partial charge in [-0.1, -0.05) is 223 Å². The number of aliphatic hydroxyl groups excluding tert-OH is 1. The molecule has 0 aromatic heterocycles. The van der Waals surface area contributed by atoms with Crippen molar-refractivity contribution in [2.75, 3.05) is 13.2 Å². The predicted molar refractivity (Wildman–Crippen MR) is 297 cm³/mol. The summed E-state index contributed by atoms with van der Waals surface area (Å²) in [6.45, 7) is 3.86. The maximum atomic E-state index is 12.3. The molecule has 378 valence electrons. The Bertz CT molecular complexity index is 1570. The third-order valence-corrected chi connectivity index (χ3v) is 10.5. The number of aliphatic hydroxyl groups is 1. The van der Waals surface area contributed by atoms with E-state index in [1.165, 1.54) is 0 Å². The highest BCUT2D eigenvalue weighted by atomic mass is 16.6. The van der Waals surface area contributed by atoms with Crippen LogP contribution in [0.2, 0.25) is 0 Å². The second-order valence-corrected chi connectivity index (χ2v) is 16.8. The van der Waals surface area contributed by atoms with Gasteiger partial charge < -0.3 is 14.6 Å². The molecule has 0 bridgehead atoms. The molecule has 1 unspecified atom stereocenters. The molecule has 0 saturated carbocycles. The first kappa shape index (κ1) is 63.3. The molecule has 1 atom stereocenters. The minimum Gasteiger partial charge on any atom is -0.462 e. The summed E-state index contributed by atoms with van der Waals surface area (Å²) in [5, 5.41) is 9.61. The van der Waals surface area contributed by atoms with Crippen molar-refractivity contribution in [2.24, 2.45) is 0 Å². The molecule has 0 spiro atoms. The highest BCUT2D eigenvalue weighted by molar-refractivity contribution is 5.70. The average Bonchev–Trinajstić information content (AvgIpc) is 3.34. The van der Waals surface area contributed by atoms with Gasteiger partial charge >= 0.3 is 11.9 Å². The summed E-state index contributed by atoms with van der Waals surface area (Å²) in [4.78, 5) is 24.4. The minimum absolute atomic E-state index is 0.0942. The van der Waals surface area contributed by atoms with Crippen LogP contribution in [0.3, 0.4) is 0 Å². The van der Waals surface area contributed by atoms with Crippen LogP contribution in [0, 0.1) is 0 Å². The predicted octanol–water partition coefficient (Wildman–Crippen LogP) is 18.2. The maximum Gasteiger partial charge on any atom is 0.306 e. The Morgan fingerprint density at radius 2 is 0.588 bits per heavy atom. The molecule has 0 heterocycles. The van der Waals surface area contributed by atoms with E-state index in [9.17, 15) is 14.7 Å². The fraction of sp³-hybridized carbons (Fsp3) is 0.524. The fourth-order valence-electron chi connectivity index (χ4n) is 6.57. The summed E-state index contributed by atoms with van der Waals surface area (Å²) < 4.78 is 10.6. The van der Waals surface area contributed by atoms with Gasteiger partial charge in [-0.2, -0.15) is 0 Å². The molecule has 5 heteroatoms. The van der Waals surface area contributed by atoms with E-state index in [4.69, 9.17) is 9.47 Å². The molecule has 0 aromatic carbocycles. The molecule has 0 fully saturated rings. The molecular formula is C63H96O5. The molecule has 0 saturated heterocycles. The number of unbranched alkanes of at least 4 members (excludes halogenated alkanes) is 10. The summed E-state index contributed by atoms with van der Waals surface area (Å²) in [6, 6.07) is 0. The van der Waals surface area contributed by atoms with Crippen molar-refractivity contribution >= 4 is 11.9 Å². The molecule has 0 rings (SSSR count). The summed E-state index contributed by atoms with van der Waals surface area (Å²) in [5.74, 6) is -0.648. The van der Waals surface area contributed by atoms with Gasteiger partial charge in [-0.15, -0.1) is 0 Å². The molecule has 0 radical (unpaired) electrons. The number of allylic oxidation sites excluding steroid dienone is 28. The summed E-state index contributed by atoms with van der Waals surface area (Å²) in [7, 11) is 0. The van der Waals surface area contributed by atoms with E-state index in [0.29, 0.717) is 12.8 Å². The van der Waals surface area contributed by atoms with E-state index in [2.05, 4.69) is 184 Å². The number of ether oxygens (including phenoxy) is 2. The smallest absolute Gasteiger partial charge is 0.306 e. The third kappa shape index (κ3) is 53.9. The molecule has 5 nitrogen and oxygen atoms in total. The normalized spacial score (nSPS) is 13.6. The van der Waals surface area contributed by atoms with Crippen molar-refractivity contribution < 1.29 is 24.2 Å². The SMILES string of the molecule is CC/C=C\C/C=C\C/C=C\C/C=C\C/C=C\C/C=C\C/C=C\C/C=C\C/C=C\C/C=C\C/C=C\CCCCCCCC(=O)OC(CO)COC(=O)CCCCCCC/C=C\C/C=C\C/C=C\CC. The lowest BCUT2D eigenvalue weighted by Crippen LogP contribution is -2.28. The summed E-state index contributed by atoms with van der Waals surface area (Å²) >= 11 is 0. The van der Waals surface area contributed by atoms with Crippen LogP contribution < -0.4 is 0 Å².